The van der Waals surface area contributed by atoms with Gasteiger partial charge < -0.3 is 5.73 Å². The van der Waals surface area contributed by atoms with Crippen molar-refractivity contribution in [3.63, 3.8) is 0 Å². The van der Waals surface area contributed by atoms with Gasteiger partial charge in [-0.05, 0) is 43.9 Å². The van der Waals surface area contributed by atoms with Crippen molar-refractivity contribution in [1.82, 2.24) is 4.31 Å². The lowest BCUT2D eigenvalue weighted by Crippen LogP contribution is -2.44. The zero-order valence-electron chi connectivity index (χ0n) is 11.9. The van der Waals surface area contributed by atoms with E-state index in [9.17, 15) is 8.42 Å². The van der Waals surface area contributed by atoms with Gasteiger partial charge >= 0.3 is 0 Å². The maximum Gasteiger partial charge on any atom is 0.243 e. The van der Waals surface area contributed by atoms with Crippen LogP contribution in [0.5, 0.6) is 0 Å². The smallest absolute Gasteiger partial charge is 0.243 e. The number of nitrogens with zero attached hydrogens (tertiary/aromatic N) is 2. The normalized spacial score (nSPS) is 21.1. The van der Waals surface area contributed by atoms with Crippen molar-refractivity contribution in [2.45, 2.75) is 30.7 Å². The third-order valence-corrected chi connectivity index (χ3v) is 5.63. The van der Waals surface area contributed by atoms with Crippen LogP contribution in [0.2, 0.25) is 0 Å². The standard InChI is InChI=1S/C14H19N3O2S.ClH/c1-11(16)13-5-3-7-17(10-13)20(18,19)14-6-2-4-12(8-14)9-15;/h2,4,6,8,11,13H,3,5,7,10,16H2,1H3;1H. The number of rotatable bonds is 3. The zero-order chi connectivity index (χ0) is 14.8. The number of nitriles is 1. The number of sulfonamides is 1. The summed E-state index contributed by atoms with van der Waals surface area (Å²) in [5.41, 5.74) is 6.25. The third kappa shape index (κ3) is 3.95. The number of benzene rings is 1. The summed E-state index contributed by atoms with van der Waals surface area (Å²) >= 11 is 0. The molecule has 2 atom stereocenters. The molecule has 0 bridgehead atoms. The van der Waals surface area contributed by atoms with Crippen LogP contribution in [-0.4, -0.2) is 31.9 Å². The first-order chi connectivity index (χ1) is 9.45. The third-order valence-electron chi connectivity index (χ3n) is 3.77. The Morgan fingerprint density at radius 1 is 1.48 bits per heavy atom. The Morgan fingerprint density at radius 3 is 2.81 bits per heavy atom. The molecule has 2 rings (SSSR count). The van der Waals surface area contributed by atoms with E-state index in [-0.39, 0.29) is 29.3 Å². The second kappa shape index (κ2) is 7.23. The van der Waals surface area contributed by atoms with Crippen LogP contribution >= 0.6 is 12.4 Å². The summed E-state index contributed by atoms with van der Waals surface area (Å²) in [5, 5.41) is 8.88. The highest BCUT2D eigenvalue weighted by molar-refractivity contribution is 7.89. The molecule has 0 saturated carbocycles. The molecule has 116 valence electrons. The molecule has 0 amide bonds. The first kappa shape index (κ1) is 17.9. The van der Waals surface area contributed by atoms with Crippen molar-refractivity contribution in [2.75, 3.05) is 13.1 Å². The van der Waals surface area contributed by atoms with Gasteiger partial charge in [-0.15, -0.1) is 12.4 Å². The lowest BCUT2D eigenvalue weighted by Gasteiger charge is -2.33. The average Bonchev–Trinajstić information content (AvgIpc) is 2.47. The van der Waals surface area contributed by atoms with E-state index in [0.29, 0.717) is 18.7 Å². The molecule has 0 aromatic heterocycles. The average molecular weight is 330 g/mol. The van der Waals surface area contributed by atoms with E-state index in [0.717, 1.165) is 12.8 Å². The monoisotopic (exact) mass is 329 g/mol. The first-order valence-corrected chi connectivity index (χ1v) is 8.15. The number of halogens is 1. The lowest BCUT2D eigenvalue weighted by atomic mass is 9.93. The first-order valence-electron chi connectivity index (χ1n) is 6.71. The van der Waals surface area contributed by atoms with Crippen LogP contribution in [0, 0.1) is 17.2 Å². The summed E-state index contributed by atoms with van der Waals surface area (Å²) in [7, 11) is -3.53. The Labute approximate surface area is 132 Å². The molecule has 1 fully saturated rings. The topological polar surface area (TPSA) is 87.2 Å². The maximum absolute atomic E-state index is 12.6. The summed E-state index contributed by atoms with van der Waals surface area (Å²) < 4.78 is 26.7. The van der Waals surface area contributed by atoms with E-state index in [2.05, 4.69) is 0 Å². The van der Waals surface area contributed by atoms with Crippen LogP contribution in [0.3, 0.4) is 0 Å². The van der Waals surface area contributed by atoms with Crippen molar-refractivity contribution in [3.05, 3.63) is 29.8 Å². The van der Waals surface area contributed by atoms with Gasteiger partial charge in [0.2, 0.25) is 10.0 Å². The molecule has 5 nitrogen and oxygen atoms in total. The minimum Gasteiger partial charge on any atom is -0.328 e. The van der Waals surface area contributed by atoms with Gasteiger partial charge in [0, 0.05) is 19.1 Å². The highest BCUT2D eigenvalue weighted by atomic mass is 35.5. The lowest BCUT2D eigenvalue weighted by molar-refractivity contribution is 0.243. The van der Waals surface area contributed by atoms with Crippen LogP contribution in [0.15, 0.2) is 29.2 Å². The van der Waals surface area contributed by atoms with Gasteiger partial charge in [0.05, 0.1) is 16.5 Å². The molecule has 1 heterocycles. The molecule has 2 N–H and O–H groups in total. The van der Waals surface area contributed by atoms with E-state index < -0.39 is 10.0 Å². The van der Waals surface area contributed by atoms with Gasteiger partial charge in [-0.2, -0.15) is 9.57 Å². The summed E-state index contributed by atoms with van der Waals surface area (Å²) in [4.78, 5) is 0.182. The fourth-order valence-electron chi connectivity index (χ4n) is 2.50. The van der Waals surface area contributed by atoms with Gasteiger partial charge in [0.25, 0.3) is 0 Å². The molecule has 1 aliphatic heterocycles. The fraction of sp³-hybridized carbons (Fsp3) is 0.500. The van der Waals surface area contributed by atoms with Gasteiger partial charge in [0.15, 0.2) is 0 Å². The van der Waals surface area contributed by atoms with Crippen molar-refractivity contribution in [2.24, 2.45) is 11.7 Å². The minimum atomic E-state index is -3.53. The van der Waals surface area contributed by atoms with Crippen molar-refractivity contribution < 1.29 is 8.42 Å². The Hall–Kier alpha value is -1.13. The molecule has 0 radical (unpaired) electrons. The zero-order valence-corrected chi connectivity index (χ0v) is 13.5. The van der Waals surface area contributed by atoms with Crippen LogP contribution in [0.25, 0.3) is 0 Å². The second-order valence-corrected chi connectivity index (χ2v) is 7.20. The van der Waals surface area contributed by atoms with Crippen molar-refractivity contribution >= 4 is 22.4 Å². The van der Waals surface area contributed by atoms with Gasteiger partial charge in [-0.3, -0.25) is 0 Å². The quantitative estimate of drug-likeness (QED) is 0.914. The number of nitrogens with two attached hydrogens (primary N) is 1. The van der Waals surface area contributed by atoms with Crippen molar-refractivity contribution in [3.8, 4) is 6.07 Å². The highest BCUT2D eigenvalue weighted by Crippen LogP contribution is 2.25. The van der Waals surface area contributed by atoms with E-state index in [4.69, 9.17) is 11.0 Å². The molecule has 1 aromatic rings. The van der Waals surface area contributed by atoms with Crippen LogP contribution < -0.4 is 5.73 Å². The van der Waals surface area contributed by atoms with Crippen LogP contribution in [0.1, 0.15) is 25.3 Å². The Bertz CT molecular complexity index is 625. The molecule has 2 unspecified atom stereocenters. The summed E-state index contributed by atoms with van der Waals surface area (Å²) in [6.07, 6.45) is 1.78. The number of piperidine rings is 1. The number of hydrogen-bond donors (Lipinski definition) is 1. The summed E-state index contributed by atoms with van der Waals surface area (Å²) in [5.74, 6) is 0.192. The van der Waals surface area contributed by atoms with E-state index in [1.165, 1.54) is 16.4 Å². The van der Waals surface area contributed by atoms with Gasteiger partial charge in [-0.25, -0.2) is 8.42 Å². The van der Waals surface area contributed by atoms with E-state index in [1.807, 2.05) is 13.0 Å². The van der Waals surface area contributed by atoms with Gasteiger partial charge in [-0.1, -0.05) is 6.07 Å². The molecule has 1 aromatic carbocycles. The van der Waals surface area contributed by atoms with Crippen LogP contribution in [-0.2, 0) is 10.0 Å². The molecule has 21 heavy (non-hydrogen) atoms. The molecule has 1 saturated heterocycles. The minimum absolute atomic E-state index is 0. The van der Waals surface area contributed by atoms with E-state index in [1.54, 1.807) is 12.1 Å². The molecule has 0 aliphatic carbocycles. The predicted octanol–water partition coefficient (Wildman–Crippen LogP) is 1.73. The van der Waals surface area contributed by atoms with Crippen molar-refractivity contribution in [1.29, 1.82) is 5.26 Å². The molecule has 0 spiro atoms. The second-order valence-electron chi connectivity index (χ2n) is 5.26. The Kier molecular flexibility index (Phi) is 6.17. The van der Waals surface area contributed by atoms with E-state index >= 15 is 0 Å². The van der Waals surface area contributed by atoms with Gasteiger partial charge in [0.1, 0.15) is 0 Å². The number of hydrogen-bond acceptors (Lipinski definition) is 4. The maximum atomic E-state index is 12.6. The SMILES string of the molecule is CC(N)C1CCCN(S(=O)(=O)c2cccc(C#N)c2)C1.Cl. The summed E-state index contributed by atoms with van der Waals surface area (Å²) in [6, 6.07) is 8.10. The summed E-state index contributed by atoms with van der Waals surface area (Å²) in [6.45, 7) is 2.89. The molecule has 1 aliphatic rings. The molecular formula is C14H20ClN3O2S. The molecule has 7 heteroatoms. The Balaban J connectivity index is 0.00000220. The fourth-order valence-corrected chi connectivity index (χ4v) is 4.08. The highest BCUT2D eigenvalue weighted by Gasteiger charge is 2.31. The predicted molar refractivity (Wildman–Crippen MR) is 83.5 cm³/mol. The Morgan fingerprint density at radius 2 is 2.19 bits per heavy atom. The largest absolute Gasteiger partial charge is 0.328 e. The van der Waals surface area contributed by atoms with Crippen LogP contribution in [0.4, 0.5) is 0 Å². The molecular weight excluding hydrogens is 310 g/mol.